The third kappa shape index (κ3) is 7.67. The molecule has 1 nitrogen and oxygen atoms in total. The van der Waals surface area contributed by atoms with Crippen LogP contribution in [0.5, 0.6) is 0 Å². The number of rotatable bonds is 8. The first-order valence-corrected chi connectivity index (χ1v) is 8.55. The van der Waals surface area contributed by atoms with E-state index in [1.54, 1.807) is 0 Å². The number of benzene rings is 1. The van der Waals surface area contributed by atoms with Gasteiger partial charge in [0.05, 0.1) is 0 Å². The smallest absolute Gasteiger partial charge is 0.0186 e. The van der Waals surface area contributed by atoms with Crippen LogP contribution in [0, 0.1) is 11.8 Å². The van der Waals surface area contributed by atoms with Crippen LogP contribution in [0.3, 0.4) is 0 Å². The molecule has 0 saturated carbocycles. The maximum atomic E-state index is 3.61. The zero-order chi connectivity index (χ0) is 13.9. The summed E-state index contributed by atoms with van der Waals surface area (Å²) in [5.74, 6) is 7.22. The Labute approximate surface area is 130 Å². The zero-order valence-corrected chi connectivity index (χ0v) is 14.1. The van der Waals surface area contributed by atoms with E-state index in [9.17, 15) is 0 Å². The fourth-order valence-corrected chi connectivity index (χ4v) is 3.33. The molecule has 1 aromatic rings. The van der Waals surface area contributed by atoms with Crippen LogP contribution < -0.4 is 5.32 Å². The molecule has 0 saturated heterocycles. The summed E-state index contributed by atoms with van der Waals surface area (Å²) in [4.78, 5) is 1.32. The second-order valence-electron chi connectivity index (χ2n) is 4.38. The van der Waals surface area contributed by atoms with Crippen molar-refractivity contribution in [2.45, 2.75) is 44.0 Å². The topological polar surface area (TPSA) is 12.0 Å². The normalized spacial score (nSPS) is 11.7. The highest BCUT2D eigenvalue weighted by molar-refractivity contribution is 9.10. The van der Waals surface area contributed by atoms with Crippen molar-refractivity contribution in [1.82, 2.24) is 5.32 Å². The minimum Gasteiger partial charge on any atom is -0.313 e. The van der Waals surface area contributed by atoms with E-state index in [0.29, 0.717) is 6.04 Å². The summed E-state index contributed by atoms with van der Waals surface area (Å²) in [5.41, 5.74) is 0. The summed E-state index contributed by atoms with van der Waals surface area (Å²) in [6, 6.07) is 9.03. The van der Waals surface area contributed by atoms with Gasteiger partial charge in [-0.05, 0) is 44.5 Å². The summed E-state index contributed by atoms with van der Waals surface area (Å²) in [5, 5.41) is 3.61. The van der Waals surface area contributed by atoms with E-state index in [-0.39, 0.29) is 0 Å². The highest BCUT2D eigenvalue weighted by Crippen LogP contribution is 2.23. The van der Waals surface area contributed by atoms with Gasteiger partial charge in [-0.3, -0.25) is 0 Å². The van der Waals surface area contributed by atoms with Crippen molar-refractivity contribution in [3.05, 3.63) is 28.7 Å². The minimum absolute atomic E-state index is 0.546. The summed E-state index contributed by atoms with van der Waals surface area (Å²) in [6.45, 7) is 5.20. The van der Waals surface area contributed by atoms with Crippen molar-refractivity contribution in [2.75, 3.05) is 12.3 Å². The maximum Gasteiger partial charge on any atom is 0.0186 e. The van der Waals surface area contributed by atoms with Crippen molar-refractivity contribution in [3.63, 3.8) is 0 Å². The van der Waals surface area contributed by atoms with Crippen LogP contribution in [0.1, 0.15) is 33.1 Å². The molecule has 0 aliphatic rings. The monoisotopic (exact) mass is 339 g/mol. The number of hydrogen-bond donors (Lipinski definition) is 1. The standard InChI is InChI=1S/C16H22BrNS/c1-3-5-6-9-15(18-11-4-2)13-19-16-10-7-8-14(17)12-16/h7-8,10,12,15,18H,4,6,9,11,13H2,1-2H3. The Bertz CT molecular complexity index is 422. The van der Waals surface area contributed by atoms with Gasteiger partial charge in [-0.1, -0.05) is 28.9 Å². The predicted molar refractivity (Wildman–Crippen MR) is 89.6 cm³/mol. The van der Waals surface area contributed by atoms with Gasteiger partial charge < -0.3 is 5.32 Å². The van der Waals surface area contributed by atoms with Crippen LogP contribution in [0.2, 0.25) is 0 Å². The molecule has 0 heterocycles. The largest absolute Gasteiger partial charge is 0.313 e. The van der Waals surface area contributed by atoms with Gasteiger partial charge in [-0.15, -0.1) is 23.6 Å². The Morgan fingerprint density at radius 1 is 1.42 bits per heavy atom. The van der Waals surface area contributed by atoms with Gasteiger partial charge in [0.25, 0.3) is 0 Å². The first-order valence-electron chi connectivity index (χ1n) is 6.77. The van der Waals surface area contributed by atoms with Gasteiger partial charge in [-0.25, -0.2) is 0 Å². The molecule has 0 amide bonds. The van der Waals surface area contributed by atoms with Crippen LogP contribution in [-0.4, -0.2) is 18.3 Å². The molecule has 3 heteroatoms. The highest BCUT2D eigenvalue weighted by Gasteiger charge is 2.07. The Balaban J connectivity index is 2.43. The van der Waals surface area contributed by atoms with Crippen LogP contribution >= 0.6 is 27.7 Å². The molecule has 0 radical (unpaired) electrons. The summed E-state index contributed by atoms with van der Waals surface area (Å²) in [6.07, 6.45) is 3.29. The predicted octanol–water partition coefficient (Wildman–Crippen LogP) is 4.71. The highest BCUT2D eigenvalue weighted by atomic mass is 79.9. The lowest BCUT2D eigenvalue weighted by molar-refractivity contribution is 0.526. The molecule has 0 bridgehead atoms. The van der Waals surface area contributed by atoms with Crippen molar-refractivity contribution >= 4 is 27.7 Å². The fourth-order valence-electron chi connectivity index (χ4n) is 1.72. The average molecular weight is 340 g/mol. The molecule has 1 unspecified atom stereocenters. The lowest BCUT2D eigenvalue weighted by Crippen LogP contribution is -2.31. The number of hydrogen-bond acceptors (Lipinski definition) is 2. The molecular formula is C16H22BrNS. The quantitative estimate of drug-likeness (QED) is 0.543. The Hall–Kier alpha value is -0.430. The number of nitrogens with one attached hydrogen (secondary N) is 1. The molecule has 1 N–H and O–H groups in total. The third-order valence-electron chi connectivity index (χ3n) is 2.72. The summed E-state index contributed by atoms with van der Waals surface area (Å²) < 4.78 is 1.15. The van der Waals surface area contributed by atoms with Gasteiger partial charge in [0.1, 0.15) is 0 Å². The molecule has 104 valence electrons. The van der Waals surface area contributed by atoms with Gasteiger partial charge in [0.2, 0.25) is 0 Å². The lowest BCUT2D eigenvalue weighted by Gasteiger charge is -2.17. The van der Waals surface area contributed by atoms with E-state index >= 15 is 0 Å². The van der Waals surface area contributed by atoms with Crippen molar-refractivity contribution in [1.29, 1.82) is 0 Å². The molecule has 1 rings (SSSR count). The van der Waals surface area contributed by atoms with Gasteiger partial charge in [0.15, 0.2) is 0 Å². The molecule has 0 aliphatic heterocycles. The summed E-state index contributed by atoms with van der Waals surface area (Å²) >= 11 is 5.43. The molecule has 0 fully saturated rings. The molecule has 1 aromatic carbocycles. The van der Waals surface area contributed by atoms with Crippen molar-refractivity contribution in [2.24, 2.45) is 0 Å². The maximum absolute atomic E-state index is 3.61. The first-order chi connectivity index (χ1) is 9.26. The van der Waals surface area contributed by atoms with Crippen molar-refractivity contribution < 1.29 is 0 Å². The molecule has 0 spiro atoms. The SMILES string of the molecule is CC#CCCC(CSc1cccc(Br)c1)NCCC. The Morgan fingerprint density at radius 3 is 2.95 bits per heavy atom. The fraction of sp³-hybridized carbons (Fsp3) is 0.500. The van der Waals surface area contributed by atoms with E-state index < -0.39 is 0 Å². The van der Waals surface area contributed by atoms with Crippen LogP contribution in [0.25, 0.3) is 0 Å². The average Bonchev–Trinajstić information content (AvgIpc) is 2.41. The molecule has 0 aromatic heterocycles. The van der Waals surface area contributed by atoms with Crippen LogP contribution in [0.4, 0.5) is 0 Å². The van der Waals surface area contributed by atoms with Crippen LogP contribution in [0.15, 0.2) is 33.6 Å². The van der Waals surface area contributed by atoms with Gasteiger partial charge in [-0.2, -0.15) is 0 Å². The van der Waals surface area contributed by atoms with E-state index in [0.717, 1.165) is 29.6 Å². The summed E-state index contributed by atoms with van der Waals surface area (Å²) in [7, 11) is 0. The number of thioether (sulfide) groups is 1. The first kappa shape index (κ1) is 16.6. The van der Waals surface area contributed by atoms with Gasteiger partial charge >= 0.3 is 0 Å². The third-order valence-corrected chi connectivity index (χ3v) is 4.37. The van der Waals surface area contributed by atoms with E-state index in [4.69, 9.17) is 0 Å². The Morgan fingerprint density at radius 2 is 2.26 bits per heavy atom. The van der Waals surface area contributed by atoms with Crippen molar-refractivity contribution in [3.8, 4) is 11.8 Å². The van der Waals surface area contributed by atoms with Gasteiger partial charge in [0, 0.05) is 27.6 Å². The second kappa shape index (κ2) is 10.4. The molecule has 19 heavy (non-hydrogen) atoms. The second-order valence-corrected chi connectivity index (χ2v) is 6.39. The Kier molecular flexibility index (Phi) is 9.07. The number of halogens is 1. The minimum atomic E-state index is 0.546. The lowest BCUT2D eigenvalue weighted by atomic mass is 10.2. The molecule has 1 atom stereocenters. The molecule has 0 aliphatic carbocycles. The molecular weight excluding hydrogens is 318 g/mol. The van der Waals surface area contributed by atoms with E-state index in [1.165, 1.54) is 11.3 Å². The zero-order valence-electron chi connectivity index (χ0n) is 11.7. The van der Waals surface area contributed by atoms with E-state index in [1.807, 2.05) is 18.7 Å². The van der Waals surface area contributed by atoms with Crippen LogP contribution in [-0.2, 0) is 0 Å². The van der Waals surface area contributed by atoms with E-state index in [2.05, 4.69) is 64.3 Å².